The predicted octanol–water partition coefficient (Wildman–Crippen LogP) is 2.61. The van der Waals surface area contributed by atoms with Gasteiger partial charge in [0, 0.05) is 11.8 Å². The van der Waals surface area contributed by atoms with Gasteiger partial charge in [0.1, 0.15) is 5.75 Å². The number of hydrogen-bond donors (Lipinski definition) is 1. The van der Waals surface area contributed by atoms with Crippen LogP contribution in [0.5, 0.6) is 5.75 Å². The minimum absolute atomic E-state index is 0.0778. The summed E-state index contributed by atoms with van der Waals surface area (Å²) < 4.78 is 5.21. The molecule has 20 heavy (non-hydrogen) atoms. The Morgan fingerprint density at radius 2 is 1.90 bits per heavy atom. The Labute approximate surface area is 115 Å². The van der Waals surface area contributed by atoms with Gasteiger partial charge in [-0.1, -0.05) is 24.3 Å². The third-order valence-electron chi connectivity index (χ3n) is 2.46. The fourth-order valence-electron chi connectivity index (χ4n) is 1.55. The van der Waals surface area contributed by atoms with Crippen LogP contribution >= 0.6 is 0 Å². The van der Waals surface area contributed by atoms with E-state index in [-0.39, 0.29) is 24.0 Å². The lowest BCUT2D eigenvalue weighted by molar-refractivity contribution is -0.384. The van der Waals surface area contributed by atoms with Crippen LogP contribution in [0.1, 0.15) is 0 Å². The van der Waals surface area contributed by atoms with Crippen LogP contribution in [0, 0.1) is 10.1 Å². The monoisotopic (exact) mass is 272 g/mol. The van der Waals surface area contributed by atoms with Crippen molar-refractivity contribution in [2.75, 3.05) is 11.9 Å². The maximum atomic E-state index is 11.6. The number of non-ortho nitro benzene ring substituents is 1. The van der Waals surface area contributed by atoms with Crippen molar-refractivity contribution >= 4 is 17.3 Å². The molecule has 0 saturated heterocycles. The molecule has 2 aromatic carbocycles. The van der Waals surface area contributed by atoms with Gasteiger partial charge in [-0.25, -0.2) is 0 Å². The second-order valence-electron chi connectivity index (χ2n) is 3.96. The van der Waals surface area contributed by atoms with Crippen molar-refractivity contribution in [2.45, 2.75) is 0 Å². The molecule has 0 aliphatic rings. The molecular formula is C14H12N2O4. The summed E-state index contributed by atoms with van der Waals surface area (Å²) in [6, 6.07) is 14.7. The van der Waals surface area contributed by atoms with E-state index >= 15 is 0 Å². The first-order valence-corrected chi connectivity index (χ1v) is 5.87. The predicted molar refractivity (Wildman–Crippen MR) is 73.7 cm³/mol. The average Bonchev–Trinajstić information content (AvgIpc) is 2.46. The molecule has 0 bridgehead atoms. The van der Waals surface area contributed by atoms with Gasteiger partial charge in [0.2, 0.25) is 0 Å². The largest absolute Gasteiger partial charge is 0.484 e. The van der Waals surface area contributed by atoms with Gasteiger partial charge in [0.05, 0.1) is 11.0 Å². The molecule has 0 heterocycles. The average molecular weight is 272 g/mol. The van der Waals surface area contributed by atoms with Crippen LogP contribution in [0.15, 0.2) is 54.6 Å². The summed E-state index contributed by atoms with van der Waals surface area (Å²) in [7, 11) is 0. The summed E-state index contributed by atoms with van der Waals surface area (Å²) >= 11 is 0. The fourth-order valence-corrected chi connectivity index (χ4v) is 1.55. The number of ether oxygens (including phenoxy) is 1. The molecule has 1 N–H and O–H groups in total. The molecule has 2 aromatic rings. The van der Waals surface area contributed by atoms with Crippen LogP contribution in [0.4, 0.5) is 11.4 Å². The molecular weight excluding hydrogens is 260 g/mol. The second-order valence-corrected chi connectivity index (χ2v) is 3.96. The van der Waals surface area contributed by atoms with Crippen molar-refractivity contribution < 1.29 is 14.5 Å². The zero-order valence-corrected chi connectivity index (χ0v) is 10.5. The van der Waals surface area contributed by atoms with E-state index in [1.165, 1.54) is 18.2 Å². The highest BCUT2D eigenvalue weighted by molar-refractivity contribution is 5.91. The molecule has 6 nitrogen and oxygen atoms in total. The van der Waals surface area contributed by atoms with Gasteiger partial charge in [-0.05, 0) is 18.2 Å². The van der Waals surface area contributed by atoms with Crippen molar-refractivity contribution in [3.8, 4) is 5.75 Å². The minimum Gasteiger partial charge on any atom is -0.484 e. The van der Waals surface area contributed by atoms with E-state index in [0.29, 0.717) is 5.69 Å². The number of carbonyl (C=O) groups excluding carboxylic acids is 1. The van der Waals surface area contributed by atoms with E-state index in [9.17, 15) is 14.9 Å². The maximum absolute atomic E-state index is 11.6. The third kappa shape index (κ3) is 3.81. The molecule has 0 spiro atoms. The van der Waals surface area contributed by atoms with Crippen LogP contribution in [-0.2, 0) is 4.79 Å². The van der Waals surface area contributed by atoms with Crippen molar-refractivity contribution in [3.63, 3.8) is 0 Å². The van der Waals surface area contributed by atoms with Crippen LogP contribution in [-0.4, -0.2) is 17.4 Å². The smallest absolute Gasteiger partial charge is 0.273 e. The van der Waals surface area contributed by atoms with E-state index < -0.39 is 4.92 Å². The van der Waals surface area contributed by atoms with Crippen molar-refractivity contribution in [1.82, 2.24) is 0 Å². The molecule has 0 unspecified atom stereocenters. The Morgan fingerprint density at radius 1 is 1.15 bits per heavy atom. The summed E-state index contributed by atoms with van der Waals surface area (Å²) in [4.78, 5) is 21.7. The molecule has 0 aromatic heterocycles. The first-order valence-electron chi connectivity index (χ1n) is 5.87. The highest BCUT2D eigenvalue weighted by Gasteiger charge is 2.08. The minimum atomic E-state index is -0.517. The van der Waals surface area contributed by atoms with Gasteiger partial charge in [0.15, 0.2) is 6.61 Å². The van der Waals surface area contributed by atoms with Crippen LogP contribution in [0.3, 0.4) is 0 Å². The van der Waals surface area contributed by atoms with Gasteiger partial charge in [-0.3, -0.25) is 14.9 Å². The summed E-state index contributed by atoms with van der Waals surface area (Å²) in [5.41, 5.74) is 0.589. The Bertz CT molecular complexity index is 614. The summed E-state index contributed by atoms with van der Waals surface area (Å²) in [5.74, 6) is -0.0508. The van der Waals surface area contributed by atoms with E-state index in [4.69, 9.17) is 4.74 Å². The van der Waals surface area contributed by atoms with E-state index in [0.717, 1.165) is 0 Å². The van der Waals surface area contributed by atoms with Gasteiger partial charge in [-0.2, -0.15) is 0 Å². The number of benzene rings is 2. The van der Waals surface area contributed by atoms with Crippen LogP contribution in [0.2, 0.25) is 0 Å². The summed E-state index contributed by atoms with van der Waals surface area (Å²) in [5, 5.41) is 13.3. The molecule has 0 aliphatic heterocycles. The fraction of sp³-hybridized carbons (Fsp3) is 0.0714. The molecule has 102 valence electrons. The molecule has 2 rings (SSSR count). The standard InChI is InChI=1S/C14H12N2O4/c17-14(15-11-5-2-1-3-6-11)10-20-13-8-4-7-12(9-13)16(18)19/h1-9H,10H2,(H,15,17). The summed E-state index contributed by atoms with van der Waals surface area (Å²) in [6.07, 6.45) is 0. The quantitative estimate of drug-likeness (QED) is 0.670. The molecule has 0 atom stereocenters. The van der Waals surface area contributed by atoms with Gasteiger partial charge < -0.3 is 10.1 Å². The topological polar surface area (TPSA) is 81.5 Å². The molecule has 0 radical (unpaired) electrons. The molecule has 6 heteroatoms. The number of nitro groups is 1. The van der Waals surface area contributed by atoms with Crippen LogP contribution < -0.4 is 10.1 Å². The SMILES string of the molecule is O=C(COc1cccc([N+](=O)[O-])c1)Nc1ccccc1. The number of rotatable bonds is 5. The number of nitrogens with one attached hydrogen (secondary N) is 1. The van der Waals surface area contributed by atoms with Crippen molar-refractivity contribution in [1.29, 1.82) is 0 Å². The normalized spacial score (nSPS) is 9.80. The lowest BCUT2D eigenvalue weighted by atomic mass is 10.3. The third-order valence-corrected chi connectivity index (χ3v) is 2.46. The van der Waals surface area contributed by atoms with Crippen molar-refractivity contribution in [2.24, 2.45) is 0 Å². The molecule has 0 aliphatic carbocycles. The van der Waals surface area contributed by atoms with Gasteiger partial charge in [-0.15, -0.1) is 0 Å². The maximum Gasteiger partial charge on any atom is 0.273 e. The van der Waals surface area contributed by atoms with Crippen molar-refractivity contribution in [3.05, 3.63) is 64.7 Å². The van der Waals surface area contributed by atoms with E-state index in [1.807, 2.05) is 6.07 Å². The highest BCUT2D eigenvalue weighted by Crippen LogP contribution is 2.19. The number of nitro benzene ring substituents is 1. The summed E-state index contributed by atoms with van der Waals surface area (Å²) in [6.45, 7) is -0.212. The highest BCUT2D eigenvalue weighted by atomic mass is 16.6. The number of carbonyl (C=O) groups is 1. The number of anilines is 1. The Kier molecular flexibility index (Phi) is 4.28. The zero-order valence-electron chi connectivity index (χ0n) is 10.5. The zero-order chi connectivity index (χ0) is 14.4. The Balaban J connectivity index is 1.90. The molecule has 0 fully saturated rings. The first kappa shape index (κ1) is 13.5. The lowest BCUT2D eigenvalue weighted by Crippen LogP contribution is -2.20. The lowest BCUT2D eigenvalue weighted by Gasteiger charge is -2.07. The van der Waals surface area contributed by atoms with E-state index in [2.05, 4.69) is 5.32 Å². The number of amides is 1. The molecule has 1 amide bonds. The van der Waals surface area contributed by atoms with E-state index in [1.54, 1.807) is 30.3 Å². The van der Waals surface area contributed by atoms with Gasteiger partial charge in [0.25, 0.3) is 11.6 Å². The number of para-hydroxylation sites is 1. The van der Waals surface area contributed by atoms with Crippen LogP contribution in [0.25, 0.3) is 0 Å². The second kappa shape index (κ2) is 6.33. The Hall–Kier alpha value is -2.89. The number of hydrogen-bond acceptors (Lipinski definition) is 4. The molecule has 0 saturated carbocycles. The Morgan fingerprint density at radius 3 is 2.60 bits per heavy atom. The van der Waals surface area contributed by atoms with Gasteiger partial charge >= 0.3 is 0 Å². The number of nitrogens with zero attached hydrogens (tertiary/aromatic N) is 1. The first-order chi connectivity index (χ1) is 9.65.